The molecule has 1 unspecified atom stereocenters. The van der Waals surface area contributed by atoms with Crippen molar-refractivity contribution in [2.45, 2.75) is 19.8 Å². The average molecular weight is 359 g/mol. The molecule has 1 atom stereocenters. The molecule has 1 N–H and O–H groups in total. The Morgan fingerprint density at radius 3 is 2.67 bits per heavy atom. The van der Waals surface area contributed by atoms with Gasteiger partial charge in [-0.1, -0.05) is 43.3 Å². The van der Waals surface area contributed by atoms with Crippen molar-refractivity contribution in [1.29, 1.82) is 0 Å². The van der Waals surface area contributed by atoms with Crippen LogP contribution < -0.4 is 4.74 Å². The highest BCUT2D eigenvalue weighted by atomic mass is 16.5. The van der Waals surface area contributed by atoms with Crippen molar-refractivity contribution >= 4 is 28.5 Å². The summed E-state index contributed by atoms with van der Waals surface area (Å²) in [5.41, 5.74) is 4.77. The van der Waals surface area contributed by atoms with Crippen LogP contribution >= 0.6 is 0 Å². The molecule has 0 saturated carbocycles. The SMILES string of the molecule is COc1ccccc1C=C1CC(C)Cc2c1nc1ccccc1c2C(=O)O. The van der Waals surface area contributed by atoms with Crippen molar-refractivity contribution in [3.63, 3.8) is 0 Å². The molecule has 0 fully saturated rings. The van der Waals surface area contributed by atoms with E-state index in [0.29, 0.717) is 22.4 Å². The summed E-state index contributed by atoms with van der Waals surface area (Å²) in [7, 11) is 1.66. The number of methoxy groups -OCH3 is 1. The lowest BCUT2D eigenvalue weighted by Gasteiger charge is -2.26. The molecule has 1 heterocycles. The van der Waals surface area contributed by atoms with Crippen LogP contribution in [0.15, 0.2) is 48.5 Å². The van der Waals surface area contributed by atoms with E-state index in [4.69, 9.17) is 9.72 Å². The van der Waals surface area contributed by atoms with E-state index in [1.165, 1.54) is 0 Å². The van der Waals surface area contributed by atoms with Crippen LogP contribution in [0.3, 0.4) is 0 Å². The molecule has 0 aliphatic heterocycles. The number of allylic oxidation sites excluding steroid dienone is 1. The van der Waals surface area contributed by atoms with Gasteiger partial charge in [0.15, 0.2) is 0 Å². The van der Waals surface area contributed by atoms with Gasteiger partial charge in [0.25, 0.3) is 0 Å². The molecule has 0 amide bonds. The van der Waals surface area contributed by atoms with Crippen molar-refractivity contribution in [2.24, 2.45) is 5.92 Å². The fourth-order valence-corrected chi connectivity index (χ4v) is 3.95. The Balaban J connectivity index is 1.99. The number of aromatic nitrogens is 1. The molecule has 4 rings (SSSR count). The van der Waals surface area contributed by atoms with Gasteiger partial charge in [0, 0.05) is 10.9 Å². The number of carbonyl (C=O) groups is 1. The van der Waals surface area contributed by atoms with Gasteiger partial charge in [0.05, 0.1) is 23.9 Å². The van der Waals surface area contributed by atoms with E-state index in [9.17, 15) is 9.90 Å². The third kappa shape index (κ3) is 3.08. The summed E-state index contributed by atoms with van der Waals surface area (Å²) < 4.78 is 5.47. The van der Waals surface area contributed by atoms with Gasteiger partial charge in [-0.3, -0.25) is 0 Å². The first kappa shape index (κ1) is 17.3. The topological polar surface area (TPSA) is 59.4 Å². The first-order chi connectivity index (χ1) is 13.1. The fraction of sp³-hybridized carbons (Fsp3) is 0.217. The smallest absolute Gasteiger partial charge is 0.336 e. The van der Waals surface area contributed by atoms with Crippen LogP contribution in [0.1, 0.15) is 40.5 Å². The van der Waals surface area contributed by atoms with E-state index in [1.807, 2.05) is 48.5 Å². The monoisotopic (exact) mass is 359 g/mol. The van der Waals surface area contributed by atoms with Gasteiger partial charge < -0.3 is 9.84 Å². The number of carboxylic acids is 1. The lowest BCUT2D eigenvalue weighted by molar-refractivity contribution is 0.0697. The minimum Gasteiger partial charge on any atom is -0.496 e. The third-order valence-corrected chi connectivity index (χ3v) is 5.10. The zero-order valence-corrected chi connectivity index (χ0v) is 15.4. The molecule has 0 spiro atoms. The van der Waals surface area contributed by atoms with Gasteiger partial charge in [-0.25, -0.2) is 9.78 Å². The zero-order chi connectivity index (χ0) is 19.0. The Hall–Kier alpha value is -3.14. The Kier molecular flexibility index (Phi) is 4.40. The van der Waals surface area contributed by atoms with Crippen molar-refractivity contribution in [1.82, 2.24) is 4.98 Å². The van der Waals surface area contributed by atoms with Crippen LogP contribution in [0.5, 0.6) is 5.75 Å². The van der Waals surface area contributed by atoms with Crippen LogP contribution in [-0.2, 0) is 6.42 Å². The minimum atomic E-state index is -0.893. The maximum atomic E-state index is 12.1. The standard InChI is InChI=1S/C23H21NO3/c1-14-11-16(13-15-7-3-6-10-20(15)27-2)22-18(12-14)21(23(25)26)17-8-4-5-9-19(17)24-22/h3-10,13-14H,11-12H2,1-2H3,(H,25,26). The maximum absolute atomic E-state index is 12.1. The van der Waals surface area contributed by atoms with Crippen LogP contribution in [-0.4, -0.2) is 23.2 Å². The third-order valence-electron chi connectivity index (χ3n) is 5.10. The molecular weight excluding hydrogens is 338 g/mol. The van der Waals surface area contributed by atoms with E-state index < -0.39 is 5.97 Å². The summed E-state index contributed by atoms with van der Waals surface area (Å²) >= 11 is 0. The molecule has 0 saturated heterocycles. The molecule has 1 aromatic heterocycles. The van der Waals surface area contributed by atoms with E-state index >= 15 is 0 Å². The normalized spacial score (nSPS) is 17.7. The van der Waals surface area contributed by atoms with E-state index in [1.54, 1.807) is 7.11 Å². The number of rotatable bonds is 3. The Morgan fingerprint density at radius 1 is 1.15 bits per heavy atom. The molecule has 3 aromatic rings. The van der Waals surface area contributed by atoms with Crippen molar-refractivity contribution in [3.8, 4) is 5.75 Å². The molecule has 27 heavy (non-hydrogen) atoms. The van der Waals surface area contributed by atoms with Crippen molar-refractivity contribution in [3.05, 3.63) is 70.9 Å². The number of aromatic carboxylic acids is 1. The number of pyridine rings is 1. The van der Waals surface area contributed by atoms with E-state index in [-0.39, 0.29) is 0 Å². The number of hydrogen-bond donors (Lipinski definition) is 1. The second-order valence-corrected chi connectivity index (χ2v) is 7.06. The highest BCUT2D eigenvalue weighted by Crippen LogP contribution is 2.39. The minimum absolute atomic E-state index is 0.347. The molecule has 1 aliphatic carbocycles. The molecule has 4 nitrogen and oxygen atoms in total. The predicted molar refractivity (Wildman–Crippen MR) is 107 cm³/mol. The number of ether oxygens (including phenoxy) is 1. The second kappa shape index (κ2) is 6.88. The molecule has 136 valence electrons. The summed E-state index contributed by atoms with van der Waals surface area (Å²) in [5.74, 6) is 0.249. The average Bonchev–Trinajstić information content (AvgIpc) is 2.66. The van der Waals surface area contributed by atoms with E-state index in [0.717, 1.165) is 41.0 Å². The summed E-state index contributed by atoms with van der Waals surface area (Å²) in [5, 5.41) is 10.6. The zero-order valence-electron chi connectivity index (χ0n) is 15.4. The molecule has 4 heteroatoms. The predicted octanol–water partition coefficient (Wildman–Crippen LogP) is 5.06. The molecule has 0 radical (unpaired) electrons. The largest absolute Gasteiger partial charge is 0.496 e. The first-order valence-electron chi connectivity index (χ1n) is 9.07. The lowest BCUT2D eigenvalue weighted by atomic mass is 9.80. The molecule has 0 bridgehead atoms. The molecule has 2 aromatic carbocycles. The lowest BCUT2D eigenvalue weighted by Crippen LogP contribution is -2.17. The molecule has 1 aliphatic rings. The van der Waals surface area contributed by atoms with Gasteiger partial charge in [0.1, 0.15) is 5.75 Å². The first-order valence-corrected chi connectivity index (χ1v) is 9.07. The quantitative estimate of drug-likeness (QED) is 0.710. The summed E-state index contributed by atoms with van der Waals surface area (Å²) in [6.07, 6.45) is 3.66. The van der Waals surface area contributed by atoms with Gasteiger partial charge in [0.2, 0.25) is 0 Å². The van der Waals surface area contributed by atoms with Crippen LogP contribution in [0.2, 0.25) is 0 Å². The van der Waals surface area contributed by atoms with Gasteiger partial charge >= 0.3 is 5.97 Å². The number of nitrogens with zero attached hydrogens (tertiary/aromatic N) is 1. The van der Waals surface area contributed by atoms with Crippen LogP contribution in [0.4, 0.5) is 0 Å². The van der Waals surface area contributed by atoms with Gasteiger partial charge in [-0.05, 0) is 48.1 Å². The second-order valence-electron chi connectivity index (χ2n) is 7.06. The number of para-hydroxylation sites is 2. The summed E-state index contributed by atoms with van der Waals surface area (Å²) in [4.78, 5) is 16.9. The maximum Gasteiger partial charge on any atom is 0.336 e. The number of fused-ring (bicyclic) bond motifs is 2. The van der Waals surface area contributed by atoms with Gasteiger partial charge in [-0.2, -0.15) is 0 Å². The van der Waals surface area contributed by atoms with Crippen LogP contribution in [0, 0.1) is 5.92 Å². The van der Waals surface area contributed by atoms with E-state index in [2.05, 4.69) is 13.0 Å². The Morgan fingerprint density at radius 2 is 1.89 bits per heavy atom. The van der Waals surface area contributed by atoms with Crippen LogP contribution in [0.25, 0.3) is 22.6 Å². The fourth-order valence-electron chi connectivity index (χ4n) is 3.95. The van der Waals surface area contributed by atoms with Crippen molar-refractivity contribution < 1.29 is 14.6 Å². The highest BCUT2D eigenvalue weighted by molar-refractivity contribution is 6.06. The summed E-state index contributed by atoms with van der Waals surface area (Å²) in [6, 6.07) is 15.3. The molecular formula is C23H21NO3. The number of carboxylic acid groups (broad SMARTS) is 1. The summed E-state index contributed by atoms with van der Waals surface area (Å²) in [6.45, 7) is 2.15. The van der Waals surface area contributed by atoms with Gasteiger partial charge in [-0.15, -0.1) is 0 Å². The number of benzene rings is 2. The Labute approximate surface area is 158 Å². The highest BCUT2D eigenvalue weighted by Gasteiger charge is 2.28. The Bertz CT molecular complexity index is 1070. The van der Waals surface area contributed by atoms with Crippen molar-refractivity contribution in [2.75, 3.05) is 7.11 Å². The number of hydrogen-bond acceptors (Lipinski definition) is 3.